The summed E-state index contributed by atoms with van der Waals surface area (Å²) in [5.74, 6) is 0.252. The monoisotopic (exact) mass is 297 g/mol. The predicted molar refractivity (Wildman–Crippen MR) is 82.8 cm³/mol. The summed E-state index contributed by atoms with van der Waals surface area (Å²) in [5.41, 5.74) is 6.07. The predicted octanol–water partition coefficient (Wildman–Crippen LogP) is 2.89. The van der Waals surface area contributed by atoms with Crippen LogP contribution in [0.25, 0.3) is 0 Å². The van der Waals surface area contributed by atoms with E-state index in [-0.39, 0.29) is 41.7 Å². The Morgan fingerprint density at radius 2 is 1.71 bits per heavy atom. The molecule has 0 bridgehead atoms. The first-order chi connectivity index (χ1) is 9.71. The van der Waals surface area contributed by atoms with Crippen molar-refractivity contribution in [2.24, 2.45) is 23.0 Å². The summed E-state index contributed by atoms with van der Waals surface area (Å²) < 4.78 is 11.5. The Kier molecular flexibility index (Phi) is 4.99. The average molecular weight is 297 g/mol. The van der Waals surface area contributed by atoms with E-state index in [1.807, 2.05) is 13.8 Å². The third-order valence-corrected chi connectivity index (χ3v) is 5.72. The van der Waals surface area contributed by atoms with Crippen LogP contribution in [-0.4, -0.2) is 30.3 Å². The van der Waals surface area contributed by atoms with Gasteiger partial charge in [-0.3, -0.25) is 4.79 Å². The van der Waals surface area contributed by atoms with Crippen LogP contribution < -0.4 is 5.73 Å². The van der Waals surface area contributed by atoms with E-state index in [2.05, 4.69) is 20.8 Å². The molecule has 0 spiro atoms. The highest BCUT2D eigenvalue weighted by atomic mass is 16.6. The number of carbonyl (C=O) groups is 1. The van der Waals surface area contributed by atoms with Crippen LogP contribution in [0.1, 0.15) is 60.3 Å². The molecule has 4 heteroatoms. The van der Waals surface area contributed by atoms with Crippen molar-refractivity contribution >= 4 is 5.97 Å². The minimum Gasteiger partial charge on any atom is -0.462 e. The summed E-state index contributed by atoms with van der Waals surface area (Å²) in [6, 6.07) is 0.187. The molecule has 1 saturated heterocycles. The second-order valence-corrected chi connectivity index (χ2v) is 7.69. The van der Waals surface area contributed by atoms with Gasteiger partial charge >= 0.3 is 5.97 Å². The van der Waals surface area contributed by atoms with Gasteiger partial charge in [-0.1, -0.05) is 20.8 Å². The Morgan fingerprint density at radius 1 is 1.14 bits per heavy atom. The zero-order valence-corrected chi connectivity index (χ0v) is 14.1. The third-order valence-electron chi connectivity index (χ3n) is 5.72. The molecule has 0 aromatic heterocycles. The third kappa shape index (κ3) is 3.59. The second kappa shape index (κ2) is 6.25. The van der Waals surface area contributed by atoms with Crippen LogP contribution in [0.5, 0.6) is 0 Å². The topological polar surface area (TPSA) is 61.5 Å². The molecule has 5 unspecified atom stereocenters. The fraction of sp³-hybridized carbons (Fsp3) is 0.941. The van der Waals surface area contributed by atoms with Gasteiger partial charge in [0.2, 0.25) is 0 Å². The van der Waals surface area contributed by atoms with Gasteiger partial charge in [0.25, 0.3) is 0 Å². The van der Waals surface area contributed by atoms with Gasteiger partial charge in [-0.2, -0.15) is 0 Å². The van der Waals surface area contributed by atoms with Gasteiger partial charge < -0.3 is 15.2 Å². The van der Waals surface area contributed by atoms with Crippen molar-refractivity contribution in [1.29, 1.82) is 0 Å². The summed E-state index contributed by atoms with van der Waals surface area (Å²) in [6.45, 7) is 10.5. The maximum absolute atomic E-state index is 12.6. The van der Waals surface area contributed by atoms with Gasteiger partial charge in [0, 0.05) is 18.9 Å². The van der Waals surface area contributed by atoms with Crippen LogP contribution in [0.3, 0.4) is 0 Å². The van der Waals surface area contributed by atoms with Crippen molar-refractivity contribution in [3.8, 4) is 0 Å². The molecule has 122 valence electrons. The van der Waals surface area contributed by atoms with Crippen LogP contribution in [0.15, 0.2) is 0 Å². The largest absolute Gasteiger partial charge is 0.462 e. The molecule has 4 nitrogen and oxygen atoms in total. The van der Waals surface area contributed by atoms with E-state index in [0.717, 1.165) is 25.7 Å². The molecule has 2 N–H and O–H groups in total. The molecule has 21 heavy (non-hydrogen) atoms. The van der Waals surface area contributed by atoms with Crippen molar-refractivity contribution in [3.63, 3.8) is 0 Å². The van der Waals surface area contributed by atoms with Crippen molar-refractivity contribution in [2.75, 3.05) is 0 Å². The molecule has 5 atom stereocenters. The smallest absolute Gasteiger partial charge is 0.309 e. The van der Waals surface area contributed by atoms with Crippen LogP contribution in [0, 0.1) is 17.3 Å². The number of nitrogens with two attached hydrogens (primary N) is 1. The van der Waals surface area contributed by atoms with E-state index in [0.29, 0.717) is 5.92 Å². The van der Waals surface area contributed by atoms with Crippen molar-refractivity contribution in [1.82, 2.24) is 0 Å². The van der Waals surface area contributed by atoms with Crippen LogP contribution in [0.2, 0.25) is 0 Å². The number of carbonyl (C=O) groups excluding carboxylic acids is 1. The summed E-state index contributed by atoms with van der Waals surface area (Å²) >= 11 is 0. The molecule has 1 aliphatic heterocycles. The highest BCUT2D eigenvalue weighted by molar-refractivity contribution is 5.73. The highest BCUT2D eigenvalue weighted by Gasteiger charge is 2.46. The highest BCUT2D eigenvalue weighted by Crippen LogP contribution is 2.45. The van der Waals surface area contributed by atoms with E-state index >= 15 is 0 Å². The fourth-order valence-electron chi connectivity index (χ4n) is 3.96. The molecule has 0 aromatic carbocycles. The van der Waals surface area contributed by atoms with Crippen molar-refractivity contribution < 1.29 is 14.3 Å². The zero-order valence-electron chi connectivity index (χ0n) is 14.1. The minimum absolute atomic E-state index is 0.00189. The average Bonchev–Trinajstić information content (AvgIpc) is 2.34. The molecule has 0 amide bonds. The number of hydrogen-bond donors (Lipinski definition) is 1. The molecule has 0 aromatic rings. The molecule has 0 radical (unpaired) electrons. The SMILES string of the molecule is CC1CC(OC(=O)C2CCC(N)C(C)C2(C)C)CC(C)O1. The normalized spacial score (nSPS) is 43.3. The van der Waals surface area contributed by atoms with Crippen molar-refractivity contribution in [2.45, 2.75) is 84.7 Å². The van der Waals surface area contributed by atoms with Gasteiger partial charge in [-0.05, 0) is 38.0 Å². The Bertz CT molecular complexity index is 372. The first-order valence-corrected chi connectivity index (χ1v) is 8.33. The quantitative estimate of drug-likeness (QED) is 0.796. The summed E-state index contributed by atoms with van der Waals surface area (Å²) in [6.07, 6.45) is 3.68. The lowest BCUT2D eigenvalue weighted by molar-refractivity contribution is -0.172. The Hall–Kier alpha value is -0.610. The maximum Gasteiger partial charge on any atom is 0.309 e. The first kappa shape index (κ1) is 16.8. The Morgan fingerprint density at radius 3 is 2.29 bits per heavy atom. The summed E-state index contributed by atoms with van der Waals surface area (Å²) in [7, 11) is 0. The number of ether oxygens (including phenoxy) is 2. The minimum atomic E-state index is -0.100. The molecule has 2 rings (SSSR count). The first-order valence-electron chi connectivity index (χ1n) is 8.33. The van der Waals surface area contributed by atoms with E-state index < -0.39 is 0 Å². The zero-order chi connectivity index (χ0) is 15.8. The lowest BCUT2D eigenvalue weighted by Crippen LogP contribution is -2.50. The summed E-state index contributed by atoms with van der Waals surface area (Å²) in [4.78, 5) is 12.6. The maximum atomic E-state index is 12.6. The summed E-state index contributed by atoms with van der Waals surface area (Å²) in [5, 5.41) is 0. The number of esters is 1. The lowest BCUT2D eigenvalue weighted by atomic mass is 9.61. The Labute approximate surface area is 128 Å². The molecule has 2 aliphatic rings. The standard InChI is InChI=1S/C17H31NO3/c1-10-8-13(9-11(2)20-10)21-16(19)14-6-7-15(18)12(3)17(14,4)5/h10-15H,6-9,18H2,1-5H3. The fourth-order valence-corrected chi connectivity index (χ4v) is 3.96. The van der Waals surface area contributed by atoms with Gasteiger partial charge in [-0.15, -0.1) is 0 Å². The van der Waals surface area contributed by atoms with Crippen LogP contribution >= 0.6 is 0 Å². The van der Waals surface area contributed by atoms with Crippen LogP contribution in [-0.2, 0) is 14.3 Å². The van der Waals surface area contributed by atoms with Crippen molar-refractivity contribution in [3.05, 3.63) is 0 Å². The Balaban J connectivity index is 1.99. The number of hydrogen-bond acceptors (Lipinski definition) is 4. The van der Waals surface area contributed by atoms with Gasteiger partial charge in [0.1, 0.15) is 6.10 Å². The van der Waals surface area contributed by atoms with E-state index in [1.165, 1.54) is 0 Å². The van der Waals surface area contributed by atoms with Gasteiger partial charge in [0.15, 0.2) is 0 Å². The van der Waals surface area contributed by atoms with Crippen LogP contribution in [0.4, 0.5) is 0 Å². The van der Waals surface area contributed by atoms with Gasteiger partial charge in [-0.25, -0.2) is 0 Å². The second-order valence-electron chi connectivity index (χ2n) is 7.69. The van der Waals surface area contributed by atoms with E-state index in [9.17, 15) is 4.79 Å². The molecule has 1 heterocycles. The molecular formula is C17H31NO3. The van der Waals surface area contributed by atoms with E-state index in [4.69, 9.17) is 15.2 Å². The lowest BCUT2D eigenvalue weighted by Gasteiger charge is -2.46. The number of rotatable bonds is 2. The molecule has 2 fully saturated rings. The molecule has 1 saturated carbocycles. The van der Waals surface area contributed by atoms with E-state index in [1.54, 1.807) is 0 Å². The van der Waals surface area contributed by atoms with Gasteiger partial charge in [0.05, 0.1) is 18.1 Å². The molecule has 1 aliphatic carbocycles. The molecular weight excluding hydrogens is 266 g/mol.